The van der Waals surface area contributed by atoms with Crippen LogP contribution in [0.2, 0.25) is 0 Å². The van der Waals surface area contributed by atoms with E-state index in [1.807, 2.05) is 27.7 Å². The number of nitrogens with zero attached hydrogens (tertiary/aromatic N) is 5. The number of fused-ring (bicyclic) bond motifs is 2. The number of pyridine rings is 1. The van der Waals surface area contributed by atoms with Crippen LogP contribution in [0, 0.1) is 5.82 Å². The number of carbonyl (C=O) groups excluding carboxylic acids is 1. The first-order valence-electron chi connectivity index (χ1n) is 9.51. The van der Waals surface area contributed by atoms with Gasteiger partial charge in [0, 0.05) is 17.9 Å². The molecule has 0 spiro atoms. The maximum absolute atomic E-state index is 13.1. The van der Waals surface area contributed by atoms with E-state index in [0.29, 0.717) is 28.9 Å². The summed E-state index contributed by atoms with van der Waals surface area (Å²) in [7, 11) is 0. The highest BCUT2D eigenvalue weighted by Gasteiger charge is 2.25. The minimum absolute atomic E-state index is 0.162. The van der Waals surface area contributed by atoms with Crippen molar-refractivity contribution in [1.29, 1.82) is 0 Å². The Labute approximate surface area is 170 Å². The molecule has 0 radical (unpaired) electrons. The molecule has 10 heteroatoms. The molecule has 4 aromatic heterocycles. The second-order valence-corrected chi connectivity index (χ2v) is 8.01. The number of anilines is 1. The molecule has 156 valence electrons. The number of amides is 1. The van der Waals surface area contributed by atoms with Gasteiger partial charge in [-0.05, 0) is 12.1 Å². The van der Waals surface area contributed by atoms with Gasteiger partial charge in [-0.2, -0.15) is 9.61 Å². The molecule has 1 N–H and O–H groups in total. The van der Waals surface area contributed by atoms with Crippen LogP contribution in [0.1, 0.15) is 39.1 Å². The second kappa shape index (κ2) is 7.05. The van der Waals surface area contributed by atoms with Crippen LogP contribution in [0.5, 0.6) is 0 Å². The van der Waals surface area contributed by atoms with Crippen molar-refractivity contribution in [2.24, 2.45) is 0 Å². The van der Waals surface area contributed by atoms with E-state index in [-0.39, 0.29) is 29.0 Å². The normalized spacial score (nSPS) is 12.0. The molecule has 0 aliphatic carbocycles. The number of hydrogen-bond donors (Lipinski definition) is 1. The number of hydrogen-bond acceptors (Lipinski definition) is 6. The van der Waals surface area contributed by atoms with E-state index in [9.17, 15) is 14.0 Å². The van der Waals surface area contributed by atoms with Crippen molar-refractivity contribution >= 4 is 28.4 Å². The van der Waals surface area contributed by atoms with Gasteiger partial charge < -0.3 is 9.84 Å². The average molecular weight is 412 g/mol. The zero-order chi connectivity index (χ0) is 21.6. The van der Waals surface area contributed by atoms with Gasteiger partial charge in [0.1, 0.15) is 29.2 Å². The lowest BCUT2D eigenvalue weighted by atomic mass is 9.93. The van der Waals surface area contributed by atoms with Crippen LogP contribution >= 0.6 is 0 Å². The summed E-state index contributed by atoms with van der Waals surface area (Å²) >= 11 is 0. The molecule has 0 fully saturated rings. The molecule has 0 aromatic carbocycles. The number of rotatable bonds is 4. The SMILES string of the molecule is CCc1onc2c1c(=O)n1nc(C(C)(C)C)cc1n2CC(=O)Nc1ccc(F)cn1. The second-order valence-electron chi connectivity index (χ2n) is 8.01. The van der Waals surface area contributed by atoms with Gasteiger partial charge in [-0.1, -0.05) is 32.9 Å². The molecule has 30 heavy (non-hydrogen) atoms. The molecule has 0 saturated heterocycles. The fourth-order valence-corrected chi connectivity index (χ4v) is 3.18. The number of aromatic nitrogens is 5. The first-order chi connectivity index (χ1) is 14.2. The molecule has 0 aliphatic heterocycles. The fraction of sp³-hybridized carbons (Fsp3) is 0.350. The molecule has 0 saturated carbocycles. The summed E-state index contributed by atoms with van der Waals surface area (Å²) in [6.07, 6.45) is 1.49. The molecule has 0 unspecified atom stereocenters. The van der Waals surface area contributed by atoms with Gasteiger partial charge in [0.2, 0.25) is 5.91 Å². The van der Waals surface area contributed by atoms with Crippen molar-refractivity contribution in [3.8, 4) is 0 Å². The van der Waals surface area contributed by atoms with Gasteiger partial charge in [-0.15, -0.1) is 0 Å². The minimum atomic E-state index is -0.500. The average Bonchev–Trinajstić information content (AvgIpc) is 3.32. The molecular weight excluding hydrogens is 391 g/mol. The zero-order valence-electron chi connectivity index (χ0n) is 17.1. The topological polar surface area (TPSA) is 107 Å². The first-order valence-corrected chi connectivity index (χ1v) is 9.51. The number of nitrogens with one attached hydrogen (secondary N) is 1. The molecule has 9 nitrogen and oxygen atoms in total. The van der Waals surface area contributed by atoms with Crippen molar-refractivity contribution in [3.63, 3.8) is 0 Å². The summed E-state index contributed by atoms with van der Waals surface area (Å²) in [5.74, 6) is -0.270. The van der Waals surface area contributed by atoms with E-state index in [0.717, 1.165) is 6.20 Å². The van der Waals surface area contributed by atoms with Crippen LogP contribution in [0.15, 0.2) is 33.7 Å². The third kappa shape index (κ3) is 3.34. The Bertz CT molecular complexity index is 1310. The summed E-state index contributed by atoms with van der Waals surface area (Å²) in [5.41, 5.74) is 0.760. The maximum atomic E-state index is 13.1. The van der Waals surface area contributed by atoms with Crippen LogP contribution in [0.3, 0.4) is 0 Å². The van der Waals surface area contributed by atoms with Gasteiger partial charge in [0.25, 0.3) is 5.56 Å². The van der Waals surface area contributed by atoms with Crippen LogP contribution < -0.4 is 10.9 Å². The Hall–Kier alpha value is -3.56. The lowest BCUT2D eigenvalue weighted by Gasteiger charge is -2.13. The highest BCUT2D eigenvalue weighted by atomic mass is 19.1. The Morgan fingerprint density at radius 2 is 2.07 bits per heavy atom. The lowest BCUT2D eigenvalue weighted by molar-refractivity contribution is -0.116. The predicted octanol–water partition coefficient (Wildman–Crippen LogP) is 2.67. The summed E-state index contributed by atoms with van der Waals surface area (Å²) in [6.45, 7) is 7.65. The fourth-order valence-electron chi connectivity index (χ4n) is 3.18. The van der Waals surface area contributed by atoms with Gasteiger partial charge in [0.05, 0.1) is 11.9 Å². The minimum Gasteiger partial charge on any atom is -0.358 e. The van der Waals surface area contributed by atoms with Crippen molar-refractivity contribution in [3.05, 3.63) is 52.0 Å². The lowest BCUT2D eigenvalue weighted by Crippen LogP contribution is -2.25. The molecular formula is C20H21FN6O3. The van der Waals surface area contributed by atoms with E-state index < -0.39 is 11.7 Å². The highest BCUT2D eigenvalue weighted by Crippen LogP contribution is 2.24. The zero-order valence-corrected chi connectivity index (χ0v) is 17.1. The van der Waals surface area contributed by atoms with Crippen LogP contribution in [0.4, 0.5) is 10.2 Å². The molecule has 0 aliphatic rings. The molecule has 1 amide bonds. The Kier molecular flexibility index (Phi) is 4.64. The first kappa shape index (κ1) is 19.7. The summed E-state index contributed by atoms with van der Waals surface area (Å²) in [4.78, 5) is 29.6. The smallest absolute Gasteiger partial charge is 0.287 e. The molecule has 4 rings (SSSR count). The monoisotopic (exact) mass is 412 g/mol. The van der Waals surface area contributed by atoms with Crippen molar-refractivity contribution < 1.29 is 13.7 Å². The predicted molar refractivity (Wildman–Crippen MR) is 108 cm³/mol. The molecule has 4 aromatic rings. The van der Waals surface area contributed by atoms with Crippen molar-refractivity contribution in [1.82, 2.24) is 24.3 Å². The summed E-state index contributed by atoms with van der Waals surface area (Å²) in [6, 6.07) is 4.34. The summed E-state index contributed by atoms with van der Waals surface area (Å²) in [5, 5.41) is 11.4. The van der Waals surface area contributed by atoms with Gasteiger partial charge in [-0.3, -0.25) is 14.2 Å². The van der Waals surface area contributed by atoms with E-state index in [4.69, 9.17) is 4.52 Å². The van der Waals surface area contributed by atoms with E-state index in [1.165, 1.54) is 16.6 Å². The van der Waals surface area contributed by atoms with Crippen molar-refractivity contribution in [2.45, 2.75) is 46.1 Å². The van der Waals surface area contributed by atoms with E-state index >= 15 is 0 Å². The Balaban J connectivity index is 1.85. The maximum Gasteiger partial charge on any atom is 0.287 e. The van der Waals surface area contributed by atoms with Gasteiger partial charge >= 0.3 is 0 Å². The van der Waals surface area contributed by atoms with Gasteiger partial charge in [-0.25, -0.2) is 9.37 Å². The molecule has 4 heterocycles. The quantitative estimate of drug-likeness (QED) is 0.552. The third-order valence-corrected chi connectivity index (χ3v) is 4.76. The van der Waals surface area contributed by atoms with Crippen molar-refractivity contribution in [2.75, 3.05) is 5.32 Å². The van der Waals surface area contributed by atoms with Gasteiger partial charge in [0.15, 0.2) is 11.4 Å². The Morgan fingerprint density at radius 3 is 2.70 bits per heavy atom. The molecule has 0 atom stereocenters. The largest absolute Gasteiger partial charge is 0.358 e. The standard InChI is InChI=1S/C20H21FN6O3/c1-5-12-17-18(25-30-12)26(10-15(28)23-14-7-6-11(21)9-22-14)16-8-13(20(2,3)4)24-27(16)19(17)29/h6-9H,5,10H2,1-4H3,(H,22,23,28). The summed E-state index contributed by atoms with van der Waals surface area (Å²) < 4.78 is 21.3. The third-order valence-electron chi connectivity index (χ3n) is 4.76. The van der Waals surface area contributed by atoms with E-state index in [2.05, 4.69) is 20.6 Å². The van der Waals surface area contributed by atoms with E-state index in [1.54, 1.807) is 10.6 Å². The number of aryl methyl sites for hydroxylation is 1. The highest BCUT2D eigenvalue weighted by molar-refractivity contribution is 5.91. The van der Waals surface area contributed by atoms with Crippen LogP contribution in [-0.4, -0.2) is 30.2 Å². The molecule has 0 bridgehead atoms. The Morgan fingerprint density at radius 1 is 1.30 bits per heavy atom. The van der Waals surface area contributed by atoms with Crippen LogP contribution in [0.25, 0.3) is 16.7 Å². The number of halogens is 1. The number of carbonyl (C=O) groups is 1. The van der Waals surface area contributed by atoms with Crippen LogP contribution in [-0.2, 0) is 23.2 Å².